The normalized spacial score (nSPS) is 23.8. The van der Waals surface area contributed by atoms with Crippen LogP contribution in [0.4, 0.5) is 0 Å². The van der Waals surface area contributed by atoms with Crippen LogP contribution in [0.25, 0.3) is 0 Å². The molecule has 20 heavy (non-hydrogen) atoms. The SMILES string of the molecule is CC1(CNS(=O)(=O)c2cc(Br)ccc2Br)CCCNC1. The summed E-state index contributed by atoms with van der Waals surface area (Å²) in [4.78, 5) is 0.263. The lowest BCUT2D eigenvalue weighted by atomic mass is 9.83. The average Bonchev–Trinajstić information content (AvgIpc) is 2.40. The molecule has 1 aromatic rings. The minimum absolute atomic E-state index is 0.0240. The van der Waals surface area contributed by atoms with Crippen molar-refractivity contribution in [2.45, 2.75) is 24.7 Å². The molecule has 1 saturated heterocycles. The number of sulfonamides is 1. The van der Waals surface area contributed by atoms with Crippen LogP contribution in [-0.4, -0.2) is 28.1 Å². The summed E-state index contributed by atoms with van der Waals surface area (Å²) in [5.41, 5.74) is -0.0240. The first-order chi connectivity index (χ1) is 9.32. The molecule has 1 aliphatic rings. The van der Waals surface area contributed by atoms with E-state index in [9.17, 15) is 8.42 Å². The molecule has 1 heterocycles. The van der Waals surface area contributed by atoms with E-state index in [-0.39, 0.29) is 10.3 Å². The van der Waals surface area contributed by atoms with Gasteiger partial charge in [-0.1, -0.05) is 22.9 Å². The number of rotatable bonds is 4. The second-order valence-electron chi connectivity index (χ2n) is 5.49. The molecule has 1 unspecified atom stereocenters. The maximum Gasteiger partial charge on any atom is 0.241 e. The van der Waals surface area contributed by atoms with E-state index in [2.05, 4.69) is 48.8 Å². The van der Waals surface area contributed by atoms with E-state index in [0.717, 1.165) is 30.4 Å². The molecule has 1 atom stereocenters. The quantitative estimate of drug-likeness (QED) is 0.779. The van der Waals surface area contributed by atoms with Crippen molar-refractivity contribution in [3.63, 3.8) is 0 Å². The Hall–Kier alpha value is 0.0500. The van der Waals surface area contributed by atoms with Gasteiger partial charge in [0, 0.05) is 22.0 Å². The molecule has 112 valence electrons. The smallest absolute Gasteiger partial charge is 0.241 e. The van der Waals surface area contributed by atoms with Crippen molar-refractivity contribution in [2.75, 3.05) is 19.6 Å². The van der Waals surface area contributed by atoms with E-state index in [1.165, 1.54) is 0 Å². The first-order valence-electron chi connectivity index (χ1n) is 6.48. The van der Waals surface area contributed by atoms with E-state index in [0.29, 0.717) is 11.0 Å². The summed E-state index contributed by atoms with van der Waals surface area (Å²) >= 11 is 6.60. The number of hydrogen-bond donors (Lipinski definition) is 2. The van der Waals surface area contributed by atoms with Crippen LogP contribution in [0.2, 0.25) is 0 Å². The Morgan fingerprint density at radius 1 is 1.40 bits per heavy atom. The van der Waals surface area contributed by atoms with Crippen LogP contribution in [0.15, 0.2) is 32.0 Å². The molecule has 0 bridgehead atoms. The molecule has 7 heteroatoms. The van der Waals surface area contributed by atoms with Gasteiger partial charge in [-0.15, -0.1) is 0 Å². The van der Waals surface area contributed by atoms with Crippen LogP contribution >= 0.6 is 31.9 Å². The third-order valence-corrected chi connectivity index (χ3v) is 6.45. The van der Waals surface area contributed by atoms with E-state index in [4.69, 9.17) is 0 Å². The van der Waals surface area contributed by atoms with Crippen LogP contribution in [0.3, 0.4) is 0 Å². The molecule has 0 radical (unpaired) electrons. The topological polar surface area (TPSA) is 58.2 Å². The first-order valence-corrected chi connectivity index (χ1v) is 9.55. The fourth-order valence-corrected chi connectivity index (χ4v) is 5.00. The summed E-state index contributed by atoms with van der Waals surface area (Å²) in [7, 11) is -3.51. The van der Waals surface area contributed by atoms with Crippen molar-refractivity contribution >= 4 is 41.9 Å². The second kappa shape index (κ2) is 6.44. The molecule has 1 aliphatic heterocycles. The molecule has 0 amide bonds. The van der Waals surface area contributed by atoms with Crippen molar-refractivity contribution in [2.24, 2.45) is 5.41 Å². The second-order valence-corrected chi connectivity index (χ2v) is 9.00. The van der Waals surface area contributed by atoms with Crippen LogP contribution in [-0.2, 0) is 10.0 Å². The molecule has 1 aromatic carbocycles. The van der Waals surface area contributed by atoms with E-state index in [1.54, 1.807) is 18.2 Å². The van der Waals surface area contributed by atoms with Crippen LogP contribution in [0.5, 0.6) is 0 Å². The van der Waals surface area contributed by atoms with Gasteiger partial charge in [0.2, 0.25) is 10.0 Å². The number of nitrogens with one attached hydrogen (secondary N) is 2. The molecule has 0 saturated carbocycles. The van der Waals surface area contributed by atoms with E-state index >= 15 is 0 Å². The molecular weight excluding hydrogens is 408 g/mol. The Morgan fingerprint density at radius 3 is 2.80 bits per heavy atom. The standard InChI is InChI=1S/C13H18Br2N2O2S/c1-13(5-2-6-16-8-13)9-17-20(18,19)12-7-10(14)3-4-11(12)15/h3-4,7,16-17H,2,5-6,8-9H2,1H3. The largest absolute Gasteiger partial charge is 0.316 e. The Kier molecular flexibility index (Phi) is 5.29. The van der Waals surface area contributed by atoms with Gasteiger partial charge < -0.3 is 5.32 Å². The van der Waals surface area contributed by atoms with Gasteiger partial charge in [-0.3, -0.25) is 0 Å². The minimum atomic E-state index is -3.51. The maximum atomic E-state index is 12.4. The highest BCUT2D eigenvalue weighted by atomic mass is 79.9. The minimum Gasteiger partial charge on any atom is -0.316 e. The van der Waals surface area contributed by atoms with Crippen molar-refractivity contribution in [1.82, 2.24) is 10.0 Å². The zero-order valence-corrected chi connectivity index (χ0v) is 15.2. The average molecular weight is 426 g/mol. The molecule has 0 spiro atoms. The fourth-order valence-electron chi connectivity index (χ4n) is 2.30. The molecule has 1 fully saturated rings. The Bertz CT molecular complexity index is 584. The molecule has 2 rings (SSSR count). The molecular formula is C13H18Br2N2O2S. The van der Waals surface area contributed by atoms with Gasteiger partial charge in [-0.05, 0) is 58.9 Å². The highest BCUT2D eigenvalue weighted by Gasteiger charge is 2.29. The summed E-state index contributed by atoms with van der Waals surface area (Å²) in [5, 5.41) is 3.32. The third-order valence-electron chi connectivity index (χ3n) is 3.56. The van der Waals surface area contributed by atoms with E-state index < -0.39 is 10.0 Å². The van der Waals surface area contributed by atoms with Gasteiger partial charge in [-0.2, -0.15) is 0 Å². The molecule has 4 nitrogen and oxygen atoms in total. The highest BCUT2D eigenvalue weighted by molar-refractivity contribution is 9.11. The zero-order valence-electron chi connectivity index (χ0n) is 11.2. The lowest BCUT2D eigenvalue weighted by Gasteiger charge is -2.34. The zero-order chi connectivity index (χ0) is 14.8. The van der Waals surface area contributed by atoms with Gasteiger partial charge in [0.25, 0.3) is 0 Å². The maximum absolute atomic E-state index is 12.4. The number of hydrogen-bond acceptors (Lipinski definition) is 3. The van der Waals surface area contributed by atoms with Crippen molar-refractivity contribution < 1.29 is 8.42 Å². The Morgan fingerprint density at radius 2 is 2.15 bits per heavy atom. The van der Waals surface area contributed by atoms with Crippen LogP contribution in [0.1, 0.15) is 19.8 Å². The van der Waals surface area contributed by atoms with Gasteiger partial charge >= 0.3 is 0 Å². The van der Waals surface area contributed by atoms with Gasteiger partial charge in [0.1, 0.15) is 0 Å². The van der Waals surface area contributed by atoms with Crippen molar-refractivity contribution in [3.8, 4) is 0 Å². The van der Waals surface area contributed by atoms with Crippen LogP contribution in [0, 0.1) is 5.41 Å². The lowest BCUT2D eigenvalue weighted by molar-refractivity contribution is 0.238. The molecule has 2 N–H and O–H groups in total. The summed E-state index contributed by atoms with van der Waals surface area (Å²) < 4.78 is 28.9. The summed E-state index contributed by atoms with van der Waals surface area (Å²) in [6.45, 7) is 4.41. The Labute approximate surface area is 137 Å². The summed E-state index contributed by atoms with van der Waals surface area (Å²) in [5.74, 6) is 0. The Balaban J connectivity index is 2.13. The number of benzene rings is 1. The monoisotopic (exact) mass is 424 g/mol. The van der Waals surface area contributed by atoms with Gasteiger partial charge in [0.15, 0.2) is 0 Å². The first kappa shape index (κ1) is 16.4. The predicted octanol–water partition coefficient (Wildman–Crippen LogP) is 2.88. The van der Waals surface area contributed by atoms with Crippen molar-refractivity contribution in [1.29, 1.82) is 0 Å². The van der Waals surface area contributed by atoms with Crippen LogP contribution < -0.4 is 10.0 Å². The lowest BCUT2D eigenvalue weighted by Crippen LogP contribution is -2.45. The van der Waals surface area contributed by atoms with Gasteiger partial charge in [-0.25, -0.2) is 13.1 Å². The fraction of sp³-hybridized carbons (Fsp3) is 0.538. The van der Waals surface area contributed by atoms with Gasteiger partial charge in [0.05, 0.1) is 4.90 Å². The van der Waals surface area contributed by atoms with E-state index in [1.807, 2.05) is 0 Å². The molecule has 0 aromatic heterocycles. The number of piperidine rings is 1. The van der Waals surface area contributed by atoms with Crippen molar-refractivity contribution in [3.05, 3.63) is 27.1 Å². The molecule has 0 aliphatic carbocycles. The summed E-state index contributed by atoms with van der Waals surface area (Å²) in [6, 6.07) is 5.13. The summed E-state index contributed by atoms with van der Waals surface area (Å²) in [6.07, 6.45) is 2.11. The predicted molar refractivity (Wildman–Crippen MR) is 87.2 cm³/mol. The third kappa shape index (κ3) is 4.04. The highest BCUT2D eigenvalue weighted by Crippen LogP contribution is 2.28. The number of halogens is 2.